The van der Waals surface area contributed by atoms with Crippen molar-refractivity contribution in [3.05, 3.63) is 29.8 Å². The summed E-state index contributed by atoms with van der Waals surface area (Å²) in [5.74, 6) is 0.139. The standard InChI is InChI=1S/C17H25N3O2/c1-13-3-2-4-14(11-13)19-7-9-20(10-8-19)17(21)16-6-5-15(12-18)22-16/h2-4,11,15-16H,5-10,12,18H2,1H3/t15-,16+/m1/s1. The van der Waals surface area contributed by atoms with Crippen LogP contribution in [0.15, 0.2) is 24.3 Å². The summed E-state index contributed by atoms with van der Waals surface area (Å²) in [6, 6.07) is 8.52. The molecule has 2 aliphatic rings. The van der Waals surface area contributed by atoms with Crippen LogP contribution >= 0.6 is 0 Å². The van der Waals surface area contributed by atoms with Gasteiger partial charge in [0.15, 0.2) is 0 Å². The van der Waals surface area contributed by atoms with Crippen molar-refractivity contribution in [2.75, 3.05) is 37.6 Å². The van der Waals surface area contributed by atoms with Crippen molar-refractivity contribution in [2.45, 2.75) is 32.0 Å². The van der Waals surface area contributed by atoms with E-state index in [-0.39, 0.29) is 18.1 Å². The van der Waals surface area contributed by atoms with Gasteiger partial charge in [0.2, 0.25) is 0 Å². The average molecular weight is 303 g/mol. The maximum atomic E-state index is 12.5. The number of ether oxygens (including phenoxy) is 1. The zero-order valence-corrected chi connectivity index (χ0v) is 13.2. The Balaban J connectivity index is 1.54. The number of piperazine rings is 1. The molecule has 0 aromatic heterocycles. The van der Waals surface area contributed by atoms with Crippen LogP contribution in [0.5, 0.6) is 0 Å². The molecular formula is C17H25N3O2. The molecule has 5 nitrogen and oxygen atoms in total. The summed E-state index contributed by atoms with van der Waals surface area (Å²) >= 11 is 0. The lowest BCUT2D eigenvalue weighted by Gasteiger charge is -2.37. The molecule has 0 aliphatic carbocycles. The van der Waals surface area contributed by atoms with Crippen molar-refractivity contribution >= 4 is 11.6 Å². The maximum Gasteiger partial charge on any atom is 0.251 e. The van der Waals surface area contributed by atoms with Crippen molar-refractivity contribution in [3.63, 3.8) is 0 Å². The van der Waals surface area contributed by atoms with Gasteiger partial charge in [0.05, 0.1) is 6.10 Å². The highest BCUT2D eigenvalue weighted by molar-refractivity contribution is 5.81. The largest absolute Gasteiger partial charge is 0.368 e. The van der Waals surface area contributed by atoms with Gasteiger partial charge in [-0.2, -0.15) is 0 Å². The SMILES string of the molecule is Cc1cccc(N2CCN(C(=O)[C@@H]3CC[C@H](CN)O3)CC2)c1. The summed E-state index contributed by atoms with van der Waals surface area (Å²) in [6.45, 7) is 5.89. The van der Waals surface area contributed by atoms with E-state index < -0.39 is 0 Å². The Morgan fingerprint density at radius 1 is 1.27 bits per heavy atom. The zero-order chi connectivity index (χ0) is 15.5. The van der Waals surface area contributed by atoms with E-state index in [9.17, 15) is 4.79 Å². The van der Waals surface area contributed by atoms with Crippen LogP contribution in [0, 0.1) is 6.92 Å². The van der Waals surface area contributed by atoms with E-state index >= 15 is 0 Å². The predicted molar refractivity (Wildman–Crippen MR) is 86.9 cm³/mol. The molecule has 2 N–H and O–H groups in total. The number of nitrogens with zero attached hydrogens (tertiary/aromatic N) is 2. The Morgan fingerprint density at radius 3 is 2.68 bits per heavy atom. The summed E-state index contributed by atoms with van der Waals surface area (Å²) < 4.78 is 5.72. The molecule has 120 valence electrons. The summed E-state index contributed by atoms with van der Waals surface area (Å²) in [5.41, 5.74) is 8.12. The Hall–Kier alpha value is -1.59. The third-order valence-electron chi connectivity index (χ3n) is 4.60. The number of anilines is 1. The number of aryl methyl sites for hydroxylation is 1. The minimum absolute atomic E-state index is 0.0579. The van der Waals surface area contributed by atoms with E-state index in [0.29, 0.717) is 6.54 Å². The van der Waals surface area contributed by atoms with Crippen LogP contribution < -0.4 is 10.6 Å². The van der Waals surface area contributed by atoms with Gasteiger partial charge >= 0.3 is 0 Å². The van der Waals surface area contributed by atoms with Gasteiger partial charge in [-0.25, -0.2) is 0 Å². The van der Waals surface area contributed by atoms with Gasteiger partial charge in [-0.3, -0.25) is 4.79 Å². The molecule has 0 spiro atoms. The van der Waals surface area contributed by atoms with Gasteiger partial charge < -0.3 is 20.3 Å². The molecule has 1 aromatic rings. The fourth-order valence-corrected chi connectivity index (χ4v) is 3.27. The third-order valence-corrected chi connectivity index (χ3v) is 4.60. The molecule has 22 heavy (non-hydrogen) atoms. The molecule has 2 fully saturated rings. The summed E-state index contributed by atoms with van der Waals surface area (Å²) in [6.07, 6.45) is 1.48. The van der Waals surface area contributed by atoms with E-state index in [4.69, 9.17) is 10.5 Å². The molecule has 1 aromatic carbocycles. The van der Waals surface area contributed by atoms with E-state index in [2.05, 4.69) is 36.1 Å². The van der Waals surface area contributed by atoms with Gasteiger partial charge in [-0.05, 0) is 37.5 Å². The maximum absolute atomic E-state index is 12.5. The number of nitrogens with two attached hydrogens (primary N) is 1. The van der Waals surface area contributed by atoms with Crippen LogP contribution in [0.2, 0.25) is 0 Å². The first-order valence-electron chi connectivity index (χ1n) is 8.13. The molecule has 0 bridgehead atoms. The number of carbonyl (C=O) groups is 1. The monoisotopic (exact) mass is 303 g/mol. The van der Waals surface area contributed by atoms with E-state index in [1.807, 2.05) is 4.90 Å². The smallest absolute Gasteiger partial charge is 0.251 e. The number of benzene rings is 1. The van der Waals surface area contributed by atoms with Crippen LogP contribution in [0.3, 0.4) is 0 Å². The van der Waals surface area contributed by atoms with Crippen molar-refractivity contribution in [2.24, 2.45) is 5.73 Å². The first-order valence-corrected chi connectivity index (χ1v) is 8.13. The first kappa shape index (κ1) is 15.3. The average Bonchev–Trinajstić information content (AvgIpc) is 3.03. The molecule has 0 saturated carbocycles. The first-order chi connectivity index (χ1) is 10.7. The highest BCUT2D eigenvalue weighted by Gasteiger charge is 2.34. The highest BCUT2D eigenvalue weighted by Crippen LogP contribution is 2.22. The topological polar surface area (TPSA) is 58.8 Å². The molecular weight excluding hydrogens is 278 g/mol. The van der Waals surface area contributed by atoms with Crippen LogP contribution in [-0.4, -0.2) is 55.7 Å². The minimum Gasteiger partial charge on any atom is -0.368 e. The second-order valence-corrected chi connectivity index (χ2v) is 6.21. The molecule has 2 heterocycles. The third kappa shape index (κ3) is 3.25. The van der Waals surface area contributed by atoms with Crippen LogP contribution in [0.4, 0.5) is 5.69 Å². The highest BCUT2D eigenvalue weighted by atomic mass is 16.5. The lowest BCUT2D eigenvalue weighted by molar-refractivity contribution is -0.143. The normalized spacial score (nSPS) is 25.5. The number of hydrogen-bond acceptors (Lipinski definition) is 4. The lowest BCUT2D eigenvalue weighted by atomic mass is 10.1. The van der Waals surface area contributed by atoms with Gasteiger partial charge in [0.25, 0.3) is 5.91 Å². The van der Waals surface area contributed by atoms with E-state index in [0.717, 1.165) is 39.0 Å². The second-order valence-electron chi connectivity index (χ2n) is 6.21. The second kappa shape index (κ2) is 6.67. The molecule has 1 amide bonds. The van der Waals surface area contributed by atoms with Crippen molar-refractivity contribution < 1.29 is 9.53 Å². The number of carbonyl (C=O) groups excluding carboxylic acids is 1. The molecule has 2 saturated heterocycles. The minimum atomic E-state index is -0.279. The summed E-state index contributed by atoms with van der Waals surface area (Å²) in [5, 5.41) is 0. The Labute approximate surface area is 132 Å². The van der Waals surface area contributed by atoms with Gasteiger partial charge in [0, 0.05) is 38.4 Å². The summed E-state index contributed by atoms with van der Waals surface area (Å²) in [7, 11) is 0. The Kier molecular flexibility index (Phi) is 4.64. The van der Waals surface area contributed by atoms with Crippen molar-refractivity contribution in [1.29, 1.82) is 0 Å². The van der Waals surface area contributed by atoms with Crippen LogP contribution in [0.1, 0.15) is 18.4 Å². The van der Waals surface area contributed by atoms with Gasteiger partial charge in [-0.1, -0.05) is 12.1 Å². The van der Waals surface area contributed by atoms with Gasteiger partial charge in [0.1, 0.15) is 6.10 Å². The molecule has 2 aliphatic heterocycles. The zero-order valence-electron chi connectivity index (χ0n) is 13.2. The quantitative estimate of drug-likeness (QED) is 0.910. The van der Waals surface area contributed by atoms with E-state index in [1.54, 1.807) is 0 Å². The number of hydrogen-bond donors (Lipinski definition) is 1. The van der Waals surface area contributed by atoms with Crippen LogP contribution in [-0.2, 0) is 9.53 Å². The number of rotatable bonds is 3. The van der Waals surface area contributed by atoms with Crippen LogP contribution in [0.25, 0.3) is 0 Å². The molecule has 0 radical (unpaired) electrons. The fraction of sp³-hybridized carbons (Fsp3) is 0.588. The van der Waals surface area contributed by atoms with Gasteiger partial charge in [-0.15, -0.1) is 0 Å². The molecule has 0 unspecified atom stereocenters. The van der Waals surface area contributed by atoms with E-state index in [1.165, 1.54) is 11.3 Å². The molecule has 5 heteroatoms. The summed E-state index contributed by atoms with van der Waals surface area (Å²) in [4.78, 5) is 16.8. The molecule has 2 atom stereocenters. The molecule has 3 rings (SSSR count). The Morgan fingerprint density at radius 2 is 2.05 bits per heavy atom. The van der Waals surface area contributed by atoms with Crippen molar-refractivity contribution in [1.82, 2.24) is 4.90 Å². The fourth-order valence-electron chi connectivity index (χ4n) is 3.27. The lowest BCUT2D eigenvalue weighted by Crippen LogP contribution is -2.51. The predicted octanol–water partition coefficient (Wildman–Crippen LogP) is 1.15. The van der Waals surface area contributed by atoms with Crippen molar-refractivity contribution in [3.8, 4) is 0 Å². The Bertz CT molecular complexity index is 526. The number of amides is 1.